The summed E-state index contributed by atoms with van der Waals surface area (Å²) >= 11 is 3.68. The van der Waals surface area contributed by atoms with E-state index in [4.69, 9.17) is 0 Å². The lowest BCUT2D eigenvalue weighted by molar-refractivity contribution is 0.0379. The van der Waals surface area contributed by atoms with Crippen molar-refractivity contribution in [3.8, 4) is 0 Å². The maximum absolute atomic E-state index is 3.68. The van der Waals surface area contributed by atoms with Gasteiger partial charge in [-0.15, -0.1) is 0 Å². The van der Waals surface area contributed by atoms with Gasteiger partial charge in [-0.1, -0.05) is 46.3 Å². The van der Waals surface area contributed by atoms with Gasteiger partial charge in [-0.25, -0.2) is 0 Å². The van der Waals surface area contributed by atoms with Crippen LogP contribution in [0.1, 0.15) is 25.3 Å². The molecule has 0 spiro atoms. The Balaban J connectivity index is 2.00. The summed E-state index contributed by atoms with van der Waals surface area (Å²) in [6.45, 7) is 9.31. The van der Waals surface area contributed by atoms with E-state index in [0.717, 1.165) is 25.0 Å². The second-order valence-electron chi connectivity index (χ2n) is 6.23. The maximum atomic E-state index is 3.68. The number of rotatable bonds is 4. The molecule has 2 rings (SSSR count). The molecule has 3 heteroatoms. The van der Waals surface area contributed by atoms with Crippen LogP contribution >= 0.6 is 15.9 Å². The predicted molar refractivity (Wildman–Crippen MR) is 86.1 cm³/mol. The van der Waals surface area contributed by atoms with Gasteiger partial charge in [0.15, 0.2) is 0 Å². The molecule has 19 heavy (non-hydrogen) atoms. The van der Waals surface area contributed by atoms with Crippen LogP contribution in [0.5, 0.6) is 0 Å². The van der Waals surface area contributed by atoms with Crippen molar-refractivity contribution in [2.75, 3.05) is 38.6 Å². The highest BCUT2D eigenvalue weighted by atomic mass is 79.9. The zero-order chi connectivity index (χ0) is 13.9. The molecule has 1 aromatic rings. The van der Waals surface area contributed by atoms with Crippen LogP contribution in [0.4, 0.5) is 0 Å². The average molecular weight is 325 g/mol. The van der Waals surface area contributed by atoms with Crippen molar-refractivity contribution in [3.63, 3.8) is 0 Å². The van der Waals surface area contributed by atoms with Crippen molar-refractivity contribution in [3.05, 3.63) is 35.9 Å². The normalized spacial score (nSPS) is 22.3. The third-order valence-electron chi connectivity index (χ3n) is 4.33. The Morgan fingerprint density at radius 2 is 1.89 bits per heavy atom. The van der Waals surface area contributed by atoms with E-state index in [1.807, 2.05) is 0 Å². The predicted octanol–water partition coefficient (Wildman–Crippen LogP) is 3.19. The molecule has 0 saturated carbocycles. The largest absolute Gasteiger partial charge is 0.300 e. The van der Waals surface area contributed by atoms with Crippen LogP contribution < -0.4 is 0 Å². The number of piperazine rings is 1. The van der Waals surface area contributed by atoms with Crippen molar-refractivity contribution >= 4 is 15.9 Å². The van der Waals surface area contributed by atoms with E-state index in [0.29, 0.717) is 5.92 Å². The van der Waals surface area contributed by atoms with Crippen molar-refractivity contribution in [2.24, 2.45) is 0 Å². The number of hydrogen-bond donors (Lipinski definition) is 0. The van der Waals surface area contributed by atoms with Gasteiger partial charge < -0.3 is 0 Å². The number of nitrogens with zero attached hydrogens (tertiary/aromatic N) is 2. The van der Waals surface area contributed by atoms with Gasteiger partial charge in [-0.05, 0) is 26.5 Å². The highest BCUT2D eigenvalue weighted by Crippen LogP contribution is 2.24. The third-order valence-corrected chi connectivity index (χ3v) is 5.11. The maximum Gasteiger partial charge on any atom is 0.0277 e. The standard InChI is InChI=1S/C16H25BrN2/c1-16(2)13-19(10-9-18(16)3)12-15(11-17)14-7-5-4-6-8-14/h4-8,15H,9-13H2,1-3H3. The minimum Gasteiger partial charge on any atom is -0.300 e. The third kappa shape index (κ3) is 3.80. The molecule has 1 saturated heterocycles. The molecule has 1 heterocycles. The summed E-state index contributed by atoms with van der Waals surface area (Å²) < 4.78 is 0. The first-order chi connectivity index (χ1) is 9.03. The molecule has 1 aliphatic rings. The Labute approximate surface area is 125 Å². The number of benzene rings is 1. The topological polar surface area (TPSA) is 6.48 Å². The lowest BCUT2D eigenvalue weighted by Gasteiger charge is -2.46. The summed E-state index contributed by atoms with van der Waals surface area (Å²) in [5.74, 6) is 0.584. The molecule has 1 fully saturated rings. The first kappa shape index (κ1) is 15.0. The van der Waals surface area contributed by atoms with E-state index in [1.165, 1.54) is 12.1 Å². The Hall–Kier alpha value is -0.380. The number of likely N-dealkylation sites (N-methyl/N-ethyl adjacent to an activating group) is 1. The summed E-state index contributed by atoms with van der Waals surface area (Å²) in [5.41, 5.74) is 1.72. The highest BCUT2D eigenvalue weighted by Gasteiger charge is 2.31. The Morgan fingerprint density at radius 3 is 2.47 bits per heavy atom. The molecule has 0 N–H and O–H groups in total. The summed E-state index contributed by atoms with van der Waals surface area (Å²) in [5, 5.41) is 1.03. The van der Waals surface area contributed by atoms with Crippen LogP contribution in [0.15, 0.2) is 30.3 Å². The fourth-order valence-corrected chi connectivity index (χ4v) is 3.36. The smallest absolute Gasteiger partial charge is 0.0277 e. The van der Waals surface area contributed by atoms with E-state index in [-0.39, 0.29) is 5.54 Å². The van der Waals surface area contributed by atoms with Crippen LogP contribution in [-0.4, -0.2) is 53.9 Å². The van der Waals surface area contributed by atoms with Gasteiger partial charge >= 0.3 is 0 Å². The Bertz CT molecular complexity index is 391. The second kappa shape index (κ2) is 6.38. The van der Waals surface area contributed by atoms with Crippen LogP contribution in [0.3, 0.4) is 0 Å². The first-order valence-electron chi connectivity index (χ1n) is 7.07. The molecule has 1 aliphatic heterocycles. The minimum absolute atomic E-state index is 0.284. The van der Waals surface area contributed by atoms with Crippen molar-refractivity contribution in [1.82, 2.24) is 9.80 Å². The molecule has 2 nitrogen and oxygen atoms in total. The van der Waals surface area contributed by atoms with E-state index in [1.54, 1.807) is 0 Å². The SMILES string of the molecule is CN1CCN(CC(CBr)c2ccccc2)CC1(C)C. The van der Waals surface area contributed by atoms with Crippen LogP contribution in [-0.2, 0) is 0 Å². The van der Waals surface area contributed by atoms with Gasteiger partial charge in [-0.2, -0.15) is 0 Å². The first-order valence-corrected chi connectivity index (χ1v) is 8.19. The molecule has 1 atom stereocenters. The minimum atomic E-state index is 0.284. The van der Waals surface area contributed by atoms with Crippen LogP contribution in [0.25, 0.3) is 0 Å². The second-order valence-corrected chi connectivity index (χ2v) is 6.88. The quantitative estimate of drug-likeness (QED) is 0.785. The lowest BCUT2D eigenvalue weighted by Crippen LogP contribution is -2.58. The summed E-state index contributed by atoms with van der Waals surface area (Å²) in [6.07, 6.45) is 0. The molecule has 0 amide bonds. The zero-order valence-electron chi connectivity index (χ0n) is 12.3. The van der Waals surface area contributed by atoms with E-state index in [9.17, 15) is 0 Å². The molecular weight excluding hydrogens is 300 g/mol. The van der Waals surface area contributed by atoms with E-state index >= 15 is 0 Å². The van der Waals surface area contributed by atoms with Gasteiger partial charge in [0.2, 0.25) is 0 Å². The number of halogens is 1. The molecular formula is C16H25BrN2. The fourth-order valence-electron chi connectivity index (χ4n) is 2.78. The molecule has 0 bridgehead atoms. The summed E-state index contributed by atoms with van der Waals surface area (Å²) in [6, 6.07) is 10.9. The lowest BCUT2D eigenvalue weighted by atomic mass is 9.96. The molecule has 0 radical (unpaired) electrons. The molecule has 106 valence electrons. The van der Waals surface area contributed by atoms with Gasteiger partial charge in [0.1, 0.15) is 0 Å². The van der Waals surface area contributed by atoms with Crippen LogP contribution in [0, 0.1) is 0 Å². The van der Waals surface area contributed by atoms with Crippen molar-refractivity contribution in [2.45, 2.75) is 25.3 Å². The van der Waals surface area contributed by atoms with Gasteiger partial charge in [0.25, 0.3) is 0 Å². The summed E-state index contributed by atoms with van der Waals surface area (Å²) in [7, 11) is 2.23. The highest BCUT2D eigenvalue weighted by molar-refractivity contribution is 9.09. The summed E-state index contributed by atoms with van der Waals surface area (Å²) in [4.78, 5) is 5.08. The molecule has 0 aromatic heterocycles. The number of alkyl halides is 1. The van der Waals surface area contributed by atoms with Gasteiger partial charge in [0.05, 0.1) is 0 Å². The van der Waals surface area contributed by atoms with Crippen LogP contribution in [0.2, 0.25) is 0 Å². The molecule has 1 aromatic carbocycles. The molecule has 1 unspecified atom stereocenters. The van der Waals surface area contributed by atoms with Crippen molar-refractivity contribution < 1.29 is 0 Å². The van der Waals surface area contributed by atoms with E-state index in [2.05, 4.69) is 77.0 Å². The van der Waals surface area contributed by atoms with Crippen molar-refractivity contribution in [1.29, 1.82) is 0 Å². The Kier molecular flexibility index (Phi) is 5.04. The van der Waals surface area contributed by atoms with E-state index < -0.39 is 0 Å². The fraction of sp³-hybridized carbons (Fsp3) is 0.625. The molecule has 0 aliphatic carbocycles. The zero-order valence-corrected chi connectivity index (χ0v) is 13.9. The average Bonchev–Trinajstić information content (AvgIpc) is 2.41. The number of hydrogen-bond acceptors (Lipinski definition) is 2. The van der Waals surface area contributed by atoms with Gasteiger partial charge in [-0.3, -0.25) is 9.80 Å². The monoisotopic (exact) mass is 324 g/mol. The van der Waals surface area contributed by atoms with Gasteiger partial charge in [0, 0.05) is 43.0 Å². The Morgan fingerprint density at radius 1 is 1.21 bits per heavy atom.